The minimum absolute atomic E-state index is 0.154. The zero-order chi connectivity index (χ0) is 29.3. The number of likely N-dealkylation sites (N-methyl/N-ethyl adjacent to an activating group) is 1. The molecule has 0 aliphatic carbocycles. The third-order valence-electron chi connectivity index (χ3n) is 8.05. The Morgan fingerprint density at radius 1 is 0.927 bits per heavy atom. The molecular formula is C31H34Cl2IN5O2. The van der Waals surface area contributed by atoms with Crippen molar-refractivity contribution in [2.75, 3.05) is 56.9 Å². The molecule has 7 nitrogen and oxygen atoms in total. The summed E-state index contributed by atoms with van der Waals surface area (Å²) in [5, 5.41) is 1.07. The molecule has 0 unspecified atom stereocenters. The molecule has 0 aromatic heterocycles. The number of rotatable bonds is 7. The number of nitrogens with zero attached hydrogens (tertiary/aromatic N) is 4. The average Bonchev–Trinajstić information content (AvgIpc) is 3.03. The SMILES string of the molecule is C[C@@H](c1ccc(Cl)cc1N)N1C(=O)c2cc(I)ccc2N(CCCN2CCN(C)CC2)C(=O)[C@H]1c1ccc(Cl)cc1. The van der Waals surface area contributed by atoms with E-state index in [1.807, 2.05) is 43.3 Å². The molecule has 2 amide bonds. The second kappa shape index (κ2) is 12.9. The summed E-state index contributed by atoms with van der Waals surface area (Å²) in [6, 6.07) is 16.7. The van der Waals surface area contributed by atoms with E-state index in [0.717, 1.165) is 48.3 Å². The Morgan fingerprint density at radius 2 is 1.61 bits per heavy atom. The van der Waals surface area contributed by atoms with Gasteiger partial charge in [-0.1, -0.05) is 41.4 Å². The van der Waals surface area contributed by atoms with Crippen LogP contribution in [0.25, 0.3) is 0 Å². The number of carbonyl (C=O) groups excluding carboxylic acids is 2. The molecule has 2 heterocycles. The molecule has 5 rings (SSSR count). The number of fused-ring (bicyclic) bond motifs is 1. The van der Waals surface area contributed by atoms with Crippen LogP contribution in [0.2, 0.25) is 10.0 Å². The van der Waals surface area contributed by atoms with Crippen LogP contribution in [0.5, 0.6) is 0 Å². The first-order valence-corrected chi connectivity index (χ1v) is 15.6. The van der Waals surface area contributed by atoms with Crippen molar-refractivity contribution < 1.29 is 9.59 Å². The lowest BCUT2D eigenvalue weighted by atomic mass is 9.97. The van der Waals surface area contributed by atoms with Crippen molar-refractivity contribution in [2.45, 2.75) is 25.4 Å². The van der Waals surface area contributed by atoms with Crippen LogP contribution in [-0.4, -0.2) is 72.8 Å². The maximum absolute atomic E-state index is 14.7. The van der Waals surface area contributed by atoms with Crippen molar-refractivity contribution >= 4 is 69.0 Å². The van der Waals surface area contributed by atoms with Gasteiger partial charge in [-0.15, -0.1) is 0 Å². The van der Waals surface area contributed by atoms with Crippen LogP contribution in [0.15, 0.2) is 60.7 Å². The highest BCUT2D eigenvalue weighted by Gasteiger charge is 2.43. The van der Waals surface area contributed by atoms with E-state index in [1.165, 1.54) is 0 Å². The lowest BCUT2D eigenvalue weighted by Gasteiger charge is -2.36. The van der Waals surface area contributed by atoms with Crippen LogP contribution < -0.4 is 10.6 Å². The fraction of sp³-hybridized carbons (Fsp3) is 0.355. The fourth-order valence-electron chi connectivity index (χ4n) is 5.73. The lowest BCUT2D eigenvalue weighted by Crippen LogP contribution is -2.46. The molecule has 41 heavy (non-hydrogen) atoms. The van der Waals surface area contributed by atoms with Gasteiger partial charge in [-0.2, -0.15) is 0 Å². The number of hydrogen-bond donors (Lipinski definition) is 1. The van der Waals surface area contributed by atoms with Crippen LogP contribution in [0, 0.1) is 3.57 Å². The molecule has 3 aromatic rings. The number of anilines is 2. The van der Waals surface area contributed by atoms with Gasteiger partial charge in [-0.3, -0.25) is 9.59 Å². The van der Waals surface area contributed by atoms with Gasteiger partial charge in [0.1, 0.15) is 6.04 Å². The fourth-order valence-corrected chi connectivity index (χ4v) is 6.53. The molecule has 3 aromatic carbocycles. The molecule has 1 fully saturated rings. The Bertz CT molecular complexity index is 1430. The van der Waals surface area contributed by atoms with Gasteiger partial charge in [0, 0.05) is 52.0 Å². The number of carbonyl (C=O) groups is 2. The van der Waals surface area contributed by atoms with Gasteiger partial charge in [0.05, 0.1) is 17.3 Å². The highest BCUT2D eigenvalue weighted by atomic mass is 127. The first-order chi connectivity index (χ1) is 19.6. The maximum atomic E-state index is 14.7. The number of nitrogens with two attached hydrogens (primary N) is 1. The molecule has 2 atom stereocenters. The zero-order valence-corrected chi connectivity index (χ0v) is 26.9. The molecule has 0 bridgehead atoms. The molecule has 0 radical (unpaired) electrons. The Labute approximate surface area is 265 Å². The summed E-state index contributed by atoms with van der Waals surface area (Å²) in [5.41, 5.74) is 9.42. The number of piperazine rings is 1. The molecule has 0 spiro atoms. The normalized spacial score (nSPS) is 19.3. The summed E-state index contributed by atoms with van der Waals surface area (Å²) >= 11 is 14.6. The van der Waals surface area contributed by atoms with E-state index in [2.05, 4.69) is 39.4 Å². The zero-order valence-electron chi connectivity index (χ0n) is 23.2. The van der Waals surface area contributed by atoms with E-state index in [9.17, 15) is 9.59 Å². The maximum Gasteiger partial charge on any atom is 0.257 e. The first kappa shape index (κ1) is 30.1. The summed E-state index contributed by atoms with van der Waals surface area (Å²) in [7, 11) is 2.14. The Balaban J connectivity index is 1.57. The number of amides is 2. The summed E-state index contributed by atoms with van der Waals surface area (Å²) in [6.07, 6.45) is 0.794. The quantitative estimate of drug-likeness (QED) is 0.237. The third kappa shape index (κ3) is 6.51. The Morgan fingerprint density at radius 3 is 2.29 bits per heavy atom. The molecule has 1 saturated heterocycles. The molecule has 2 aliphatic heterocycles. The largest absolute Gasteiger partial charge is 0.398 e. The highest BCUT2D eigenvalue weighted by Crippen LogP contribution is 2.41. The first-order valence-electron chi connectivity index (χ1n) is 13.8. The van der Waals surface area contributed by atoms with Crippen LogP contribution in [0.4, 0.5) is 11.4 Å². The monoisotopic (exact) mass is 705 g/mol. The van der Waals surface area contributed by atoms with Gasteiger partial charge in [0.15, 0.2) is 0 Å². The summed E-state index contributed by atoms with van der Waals surface area (Å²) in [6.45, 7) is 7.40. The smallest absolute Gasteiger partial charge is 0.257 e. The summed E-state index contributed by atoms with van der Waals surface area (Å²) in [4.78, 5) is 37.4. The lowest BCUT2D eigenvalue weighted by molar-refractivity contribution is -0.123. The minimum Gasteiger partial charge on any atom is -0.398 e. The number of nitrogen functional groups attached to an aromatic ring is 1. The number of benzene rings is 3. The Kier molecular flexibility index (Phi) is 9.45. The van der Waals surface area contributed by atoms with Crippen molar-refractivity contribution in [2.24, 2.45) is 0 Å². The molecule has 0 saturated carbocycles. The van der Waals surface area contributed by atoms with Gasteiger partial charge >= 0.3 is 0 Å². The van der Waals surface area contributed by atoms with Crippen molar-refractivity contribution in [1.29, 1.82) is 0 Å². The van der Waals surface area contributed by atoms with E-state index < -0.39 is 12.1 Å². The standard InChI is InChI=1S/C31H34Cl2IN5O2/c1-20(25-10-8-23(33)18-27(25)35)39-29(21-4-6-22(32)7-5-21)31(41)38(13-3-12-37-16-14-36(2)15-17-37)28-11-9-24(34)19-26(28)30(39)40/h4-11,18-20,29H,3,12-17,35H2,1-2H3/t20-,29+/m0/s1. The van der Waals surface area contributed by atoms with Crippen LogP contribution in [-0.2, 0) is 4.79 Å². The molecule has 2 N–H and O–H groups in total. The van der Waals surface area contributed by atoms with Crippen LogP contribution in [0.1, 0.15) is 46.9 Å². The minimum atomic E-state index is -0.876. The Hall–Kier alpha value is -2.37. The predicted molar refractivity (Wildman–Crippen MR) is 175 cm³/mol. The molecule has 216 valence electrons. The van der Waals surface area contributed by atoms with Crippen molar-refractivity contribution in [3.8, 4) is 0 Å². The number of halogens is 3. The molecule has 10 heteroatoms. The van der Waals surface area contributed by atoms with Crippen molar-refractivity contribution in [3.63, 3.8) is 0 Å². The van der Waals surface area contributed by atoms with Gasteiger partial charge < -0.3 is 25.3 Å². The van der Waals surface area contributed by atoms with Gasteiger partial charge in [-0.05, 0) is 103 Å². The highest BCUT2D eigenvalue weighted by molar-refractivity contribution is 14.1. The van der Waals surface area contributed by atoms with E-state index in [-0.39, 0.29) is 11.8 Å². The predicted octanol–water partition coefficient (Wildman–Crippen LogP) is 6.11. The van der Waals surface area contributed by atoms with E-state index in [1.54, 1.807) is 34.1 Å². The van der Waals surface area contributed by atoms with Crippen molar-refractivity contribution in [1.82, 2.24) is 14.7 Å². The van der Waals surface area contributed by atoms with Crippen molar-refractivity contribution in [3.05, 3.63) is 91.0 Å². The van der Waals surface area contributed by atoms with Gasteiger partial charge in [0.25, 0.3) is 11.8 Å². The van der Waals surface area contributed by atoms with Crippen LogP contribution >= 0.6 is 45.8 Å². The topological polar surface area (TPSA) is 73.1 Å². The molecule has 2 aliphatic rings. The van der Waals surface area contributed by atoms with E-state index >= 15 is 0 Å². The van der Waals surface area contributed by atoms with E-state index in [4.69, 9.17) is 28.9 Å². The second-order valence-electron chi connectivity index (χ2n) is 10.8. The van der Waals surface area contributed by atoms with Crippen LogP contribution in [0.3, 0.4) is 0 Å². The summed E-state index contributed by atoms with van der Waals surface area (Å²) < 4.78 is 0.920. The third-order valence-corrected chi connectivity index (χ3v) is 9.20. The molecular weight excluding hydrogens is 672 g/mol. The average molecular weight is 706 g/mol. The summed E-state index contributed by atoms with van der Waals surface area (Å²) in [5.74, 6) is -0.381. The van der Waals surface area contributed by atoms with Gasteiger partial charge in [0.2, 0.25) is 0 Å². The van der Waals surface area contributed by atoms with E-state index in [0.29, 0.717) is 39.1 Å². The van der Waals surface area contributed by atoms with Gasteiger partial charge in [-0.25, -0.2) is 0 Å². The second-order valence-corrected chi connectivity index (χ2v) is 12.9. The number of hydrogen-bond acceptors (Lipinski definition) is 5.